The number of halogens is 2. The highest BCUT2D eigenvalue weighted by molar-refractivity contribution is 6.30. The van der Waals surface area contributed by atoms with Gasteiger partial charge in [-0.25, -0.2) is 4.39 Å². The molecule has 0 fully saturated rings. The molecule has 0 bridgehead atoms. The summed E-state index contributed by atoms with van der Waals surface area (Å²) in [5, 5.41) is 15.1. The first-order valence-corrected chi connectivity index (χ1v) is 10.2. The van der Waals surface area contributed by atoms with E-state index in [0.29, 0.717) is 49.0 Å². The number of aliphatic hydroxyl groups is 1. The van der Waals surface area contributed by atoms with Gasteiger partial charge in [0.05, 0.1) is 25.0 Å². The van der Waals surface area contributed by atoms with E-state index in [9.17, 15) is 9.50 Å². The lowest BCUT2D eigenvalue weighted by atomic mass is 10.0. The second kappa shape index (κ2) is 11.2. The number of nitrogens with zero attached hydrogens (tertiary/aromatic N) is 2. The zero-order valence-corrected chi connectivity index (χ0v) is 17.5. The Balaban J connectivity index is 1.63. The minimum absolute atomic E-state index is 0.209. The minimum Gasteiger partial charge on any atom is -0.390 e. The molecule has 0 amide bonds. The second-order valence-corrected chi connectivity index (χ2v) is 7.69. The van der Waals surface area contributed by atoms with E-state index in [-0.39, 0.29) is 18.5 Å². The maximum absolute atomic E-state index is 14.1. The Labute approximate surface area is 181 Å². The Hall–Kier alpha value is -2.25. The fraction of sp³-hybridized carbons (Fsp3) is 0.348. The first kappa shape index (κ1) is 22.4. The lowest BCUT2D eigenvalue weighted by Crippen LogP contribution is -2.39. The standard InChI is InChI=1S/C23H26ClFN2O3/c1-2-10-29-16-19(28)14-27(13-17-6-5-7-18(24)11-17)15-20-12-23(26-30-20)21-8-3-4-9-22(21)25/h2-9,11,19-20,28H,1,10,12-16H2/t19-,20-/m0/s1. The van der Waals surface area contributed by atoms with Crippen molar-refractivity contribution in [3.63, 3.8) is 0 Å². The predicted molar refractivity (Wildman–Crippen MR) is 116 cm³/mol. The summed E-state index contributed by atoms with van der Waals surface area (Å²) in [5.74, 6) is -0.314. The van der Waals surface area contributed by atoms with Crippen molar-refractivity contribution in [2.24, 2.45) is 5.16 Å². The van der Waals surface area contributed by atoms with Crippen molar-refractivity contribution in [2.45, 2.75) is 25.2 Å². The van der Waals surface area contributed by atoms with E-state index in [1.807, 2.05) is 24.3 Å². The molecule has 0 saturated heterocycles. The van der Waals surface area contributed by atoms with Crippen LogP contribution in [-0.4, -0.2) is 54.2 Å². The molecule has 0 spiro atoms. The van der Waals surface area contributed by atoms with Crippen molar-refractivity contribution >= 4 is 17.3 Å². The van der Waals surface area contributed by atoms with Gasteiger partial charge in [-0.2, -0.15) is 0 Å². The molecule has 0 radical (unpaired) electrons. The fourth-order valence-corrected chi connectivity index (χ4v) is 3.62. The first-order chi connectivity index (χ1) is 14.5. The molecule has 1 heterocycles. The highest BCUT2D eigenvalue weighted by Crippen LogP contribution is 2.21. The van der Waals surface area contributed by atoms with Gasteiger partial charge < -0.3 is 14.7 Å². The number of aliphatic hydroxyl groups excluding tert-OH is 1. The SMILES string of the molecule is C=CCOC[C@@H](O)CN(Cc1cccc(Cl)c1)C[C@@H]1CC(c2ccccc2F)=NO1. The summed E-state index contributed by atoms with van der Waals surface area (Å²) in [4.78, 5) is 7.64. The molecule has 3 rings (SSSR count). The van der Waals surface area contributed by atoms with Gasteiger partial charge in [-0.3, -0.25) is 4.90 Å². The van der Waals surface area contributed by atoms with E-state index >= 15 is 0 Å². The van der Waals surface area contributed by atoms with Crippen molar-refractivity contribution < 1.29 is 19.1 Å². The number of hydrogen-bond acceptors (Lipinski definition) is 5. The number of oxime groups is 1. The molecule has 2 atom stereocenters. The van der Waals surface area contributed by atoms with E-state index in [1.54, 1.807) is 24.3 Å². The van der Waals surface area contributed by atoms with Gasteiger partial charge in [0.15, 0.2) is 0 Å². The van der Waals surface area contributed by atoms with Gasteiger partial charge >= 0.3 is 0 Å². The van der Waals surface area contributed by atoms with Gasteiger partial charge in [-0.1, -0.05) is 53.2 Å². The second-order valence-electron chi connectivity index (χ2n) is 7.25. The van der Waals surface area contributed by atoms with Gasteiger partial charge in [0.25, 0.3) is 0 Å². The topological polar surface area (TPSA) is 54.3 Å². The number of hydrogen-bond donors (Lipinski definition) is 1. The Bertz CT molecular complexity index is 877. The van der Waals surface area contributed by atoms with Crippen LogP contribution >= 0.6 is 11.6 Å². The smallest absolute Gasteiger partial charge is 0.145 e. The van der Waals surface area contributed by atoms with Crippen LogP contribution in [0.15, 0.2) is 66.3 Å². The normalized spacial score (nSPS) is 16.9. The summed E-state index contributed by atoms with van der Waals surface area (Å²) >= 11 is 6.11. The van der Waals surface area contributed by atoms with E-state index in [4.69, 9.17) is 21.2 Å². The molecular formula is C23H26ClFN2O3. The van der Waals surface area contributed by atoms with Crippen LogP contribution < -0.4 is 0 Å². The average Bonchev–Trinajstić information content (AvgIpc) is 3.16. The highest BCUT2D eigenvalue weighted by atomic mass is 35.5. The third-order valence-electron chi connectivity index (χ3n) is 4.69. The third-order valence-corrected chi connectivity index (χ3v) is 4.92. The predicted octanol–water partition coefficient (Wildman–Crippen LogP) is 4.04. The Kier molecular flexibility index (Phi) is 8.39. The summed E-state index contributed by atoms with van der Waals surface area (Å²) in [6, 6.07) is 14.1. The zero-order valence-electron chi connectivity index (χ0n) is 16.7. The number of benzene rings is 2. The molecule has 1 aliphatic rings. The maximum Gasteiger partial charge on any atom is 0.145 e. The summed E-state index contributed by atoms with van der Waals surface area (Å²) in [7, 11) is 0. The summed E-state index contributed by atoms with van der Waals surface area (Å²) in [6.45, 7) is 5.68. The van der Waals surface area contributed by atoms with Gasteiger partial charge in [-0.15, -0.1) is 6.58 Å². The Morgan fingerprint density at radius 3 is 2.93 bits per heavy atom. The van der Waals surface area contributed by atoms with Gasteiger partial charge in [0.1, 0.15) is 11.9 Å². The molecule has 0 aliphatic carbocycles. The van der Waals surface area contributed by atoms with Crippen molar-refractivity contribution in [3.8, 4) is 0 Å². The average molecular weight is 433 g/mol. The van der Waals surface area contributed by atoms with Crippen LogP contribution in [0.5, 0.6) is 0 Å². The van der Waals surface area contributed by atoms with Gasteiger partial charge in [0, 0.05) is 36.6 Å². The Morgan fingerprint density at radius 1 is 1.33 bits per heavy atom. The molecule has 5 nitrogen and oxygen atoms in total. The van der Waals surface area contributed by atoms with Crippen LogP contribution in [0.1, 0.15) is 17.5 Å². The molecule has 30 heavy (non-hydrogen) atoms. The van der Waals surface area contributed by atoms with Crippen molar-refractivity contribution in [1.82, 2.24) is 4.90 Å². The summed E-state index contributed by atoms with van der Waals surface area (Å²) in [6.07, 6.45) is 1.23. The molecule has 160 valence electrons. The van der Waals surface area contributed by atoms with Crippen molar-refractivity contribution in [3.05, 3.63) is 83.2 Å². The monoisotopic (exact) mass is 432 g/mol. The van der Waals surface area contributed by atoms with Gasteiger partial charge in [-0.05, 0) is 23.8 Å². The number of rotatable bonds is 11. The van der Waals surface area contributed by atoms with Crippen LogP contribution in [0.3, 0.4) is 0 Å². The molecule has 1 N–H and O–H groups in total. The molecule has 1 aliphatic heterocycles. The summed E-state index contributed by atoms with van der Waals surface area (Å²) < 4.78 is 19.4. The quantitative estimate of drug-likeness (QED) is 0.430. The molecule has 2 aromatic rings. The van der Waals surface area contributed by atoms with E-state index in [0.717, 1.165) is 5.56 Å². The molecule has 2 aromatic carbocycles. The molecule has 0 unspecified atom stereocenters. The molecule has 0 saturated carbocycles. The Morgan fingerprint density at radius 2 is 2.17 bits per heavy atom. The third kappa shape index (κ3) is 6.64. The van der Waals surface area contributed by atoms with Gasteiger partial charge in [0.2, 0.25) is 0 Å². The van der Waals surface area contributed by atoms with E-state index in [2.05, 4.69) is 16.6 Å². The maximum atomic E-state index is 14.1. The minimum atomic E-state index is -0.669. The van der Waals surface area contributed by atoms with Crippen LogP contribution in [0.4, 0.5) is 4.39 Å². The largest absolute Gasteiger partial charge is 0.390 e. The lowest BCUT2D eigenvalue weighted by Gasteiger charge is -2.27. The molecule has 7 heteroatoms. The van der Waals surface area contributed by atoms with Crippen LogP contribution in [0.25, 0.3) is 0 Å². The van der Waals surface area contributed by atoms with Crippen LogP contribution in [0.2, 0.25) is 5.02 Å². The van der Waals surface area contributed by atoms with Crippen LogP contribution in [0, 0.1) is 5.82 Å². The van der Waals surface area contributed by atoms with Crippen molar-refractivity contribution in [2.75, 3.05) is 26.3 Å². The number of ether oxygens (including phenoxy) is 1. The zero-order chi connectivity index (χ0) is 21.3. The highest BCUT2D eigenvalue weighted by Gasteiger charge is 2.27. The van der Waals surface area contributed by atoms with Crippen molar-refractivity contribution in [1.29, 1.82) is 0 Å². The summed E-state index contributed by atoms with van der Waals surface area (Å²) in [5.41, 5.74) is 2.07. The fourth-order valence-electron chi connectivity index (χ4n) is 3.40. The molecule has 0 aromatic heterocycles. The lowest BCUT2D eigenvalue weighted by molar-refractivity contribution is 0.00336. The van der Waals surface area contributed by atoms with Crippen LogP contribution in [-0.2, 0) is 16.1 Å². The first-order valence-electron chi connectivity index (χ1n) is 9.86. The van der Waals surface area contributed by atoms with E-state index in [1.165, 1.54) is 6.07 Å². The molecular weight excluding hydrogens is 407 g/mol. The van der Waals surface area contributed by atoms with E-state index < -0.39 is 6.10 Å².